The van der Waals surface area contributed by atoms with Crippen molar-refractivity contribution in [2.45, 2.75) is 25.6 Å². The molecule has 2 aromatic rings. The molecule has 28 heavy (non-hydrogen) atoms. The van der Waals surface area contributed by atoms with E-state index in [0.717, 1.165) is 6.54 Å². The van der Waals surface area contributed by atoms with E-state index in [4.69, 9.17) is 4.74 Å². The molecular formula is C20H24N4O4. The minimum atomic E-state index is -0.562. The molecule has 1 N–H and O–H groups in total. The van der Waals surface area contributed by atoms with Crippen LogP contribution in [0.5, 0.6) is 0 Å². The summed E-state index contributed by atoms with van der Waals surface area (Å²) >= 11 is 0. The summed E-state index contributed by atoms with van der Waals surface area (Å²) in [5.74, 6) is -0.130. The van der Waals surface area contributed by atoms with Crippen LogP contribution in [0.3, 0.4) is 0 Å². The van der Waals surface area contributed by atoms with Gasteiger partial charge in [-0.25, -0.2) is 4.79 Å². The van der Waals surface area contributed by atoms with Gasteiger partial charge in [0.1, 0.15) is 6.54 Å². The van der Waals surface area contributed by atoms with Gasteiger partial charge in [0.25, 0.3) is 5.56 Å². The Morgan fingerprint density at radius 2 is 1.96 bits per heavy atom. The third-order valence-corrected chi connectivity index (χ3v) is 5.55. The van der Waals surface area contributed by atoms with Crippen molar-refractivity contribution in [3.05, 3.63) is 68.5 Å². The fraction of sp³-hybridized carbons (Fsp3) is 0.450. The van der Waals surface area contributed by atoms with Gasteiger partial charge in [0.15, 0.2) is 0 Å². The van der Waals surface area contributed by atoms with Crippen molar-refractivity contribution in [3.8, 4) is 0 Å². The van der Waals surface area contributed by atoms with Crippen LogP contribution < -0.4 is 11.2 Å². The number of nitrogens with zero attached hydrogens (tertiary/aromatic N) is 3. The second kappa shape index (κ2) is 7.73. The summed E-state index contributed by atoms with van der Waals surface area (Å²) < 4.78 is 7.09. The Bertz CT molecular complexity index is 968. The Labute approximate surface area is 162 Å². The summed E-state index contributed by atoms with van der Waals surface area (Å²) in [5.41, 5.74) is 0.646. The second-order valence-electron chi connectivity index (χ2n) is 7.39. The SMILES string of the molecule is Cc1cn(CC(=O)N2CCN3[C@@H](COC[C@@H]3c3ccccc3)C2)c(=O)[nH]c1=O. The van der Waals surface area contributed by atoms with Gasteiger partial charge in [-0.15, -0.1) is 0 Å². The summed E-state index contributed by atoms with van der Waals surface area (Å²) in [6.07, 6.45) is 1.43. The Morgan fingerprint density at radius 1 is 1.18 bits per heavy atom. The van der Waals surface area contributed by atoms with Crippen LogP contribution in [0.1, 0.15) is 17.2 Å². The van der Waals surface area contributed by atoms with Crippen LogP contribution in [0.15, 0.2) is 46.1 Å². The molecule has 2 aliphatic rings. The number of ether oxygens (including phenoxy) is 1. The normalized spacial score (nSPS) is 22.7. The highest BCUT2D eigenvalue weighted by Crippen LogP contribution is 2.29. The molecule has 148 valence electrons. The van der Waals surface area contributed by atoms with Crippen molar-refractivity contribution in [1.82, 2.24) is 19.4 Å². The molecule has 8 nitrogen and oxygen atoms in total. The third-order valence-electron chi connectivity index (χ3n) is 5.55. The average Bonchev–Trinajstić information content (AvgIpc) is 2.71. The molecule has 2 aliphatic heterocycles. The van der Waals surface area contributed by atoms with E-state index in [1.54, 1.807) is 11.8 Å². The number of benzene rings is 1. The van der Waals surface area contributed by atoms with Gasteiger partial charge < -0.3 is 9.64 Å². The predicted octanol–water partition coefficient (Wildman–Crippen LogP) is 0.129. The van der Waals surface area contributed by atoms with Crippen molar-refractivity contribution in [1.29, 1.82) is 0 Å². The van der Waals surface area contributed by atoms with Crippen LogP contribution in [0.2, 0.25) is 0 Å². The minimum Gasteiger partial charge on any atom is -0.378 e. The standard InChI is InChI=1S/C20H24N4O4/c1-14-9-23(20(27)21-19(14)26)11-18(25)22-7-8-24-16(10-22)12-28-13-17(24)15-5-3-2-4-6-15/h2-6,9,16-17H,7-8,10-13H2,1H3,(H,21,26,27)/t16-,17-/m1/s1. The van der Waals surface area contributed by atoms with E-state index in [-0.39, 0.29) is 24.5 Å². The highest BCUT2D eigenvalue weighted by atomic mass is 16.5. The number of hydrogen-bond donors (Lipinski definition) is 1. The third kappa shape index (κ3) is 3.65. The first-order valence-corrected chi connectivity index (χ1v) is 9.49. The lowest BCUT2D eigenvalue weighted by Gasteiger charge is -2.48. The lowest BCUT2D eigenvalue weighted by Crippen LogP contribution is -2.60. The monoisotopic (exact) mass is 384 g/mol. The molecule has 2 fully saturated rings. The van der Waals surface area contributed by atoms with Crippen molar-refractivity contribution < 1.29 is 9.53 Å². The molecule has 0 spiro atoms. The van der Waals surface area contributed by atoms with Crippen molar-refractivity contribution >= 4 is 5.91 Å². The molecule has 8 heteroatoms. The first-order chi connectivity index (χ1) is 13.5. The predicted molar refractivity (Wildman–Crippen MR) is 103 cm³/mol. The van der Waals surface area contributed by atoms with Gasteiger partial charge in [0, 0.05) is 31.4 Å². The summed E-state index contributed by atoms with van der Waals surface area (Å²) in [4.78, 5) is 42.6. The topological polar surface area (TPSA) is 87.6 Å². The number of morpholine rings is 1. The number of hydrogen-bond acceptors (Lipinski definition) is 5. The van der Waals surface area contributed by atoms with Gasteiger partial charge in [0.05, 0.1) is 25.3 Å². The molecule has 3 heterocycles. The van der Waals surface area contributed by atoms with Crippen LogP contribution in [-0.4, -0.2) is 64.1 Å². The fourth-order valence-corrected chi connectivity index (χ4v) is 4.01. The molecule has 2 atom stereocenters. The number of nitrogens with one attached hydrogen (secondary N) is 1. The first kappa shape index (κ1) is 18.6. The Hall–Kier alpha value is -2.71. The molecule has 1 amide bonds. The van der Waals surface area contributed by atoms with Gasteiger partial charge in [-0.1, -0.05) is 30.3 Å². The zero-order valence-electron chi connectivity index (χ0n) is 15.8. The number of aryl methyl sites for hydroxylation is 1. The molecule has 4 rings (SSSR count). The van der Waals surface area contributed by atoms with E-state index in [1.807, 2.05) is 18.2 Å². The van der Waals surface area contributed by atoms with Crippen LogP contribution in [0.4, 0.5) is 0 Å². The number of aromatic nitrogens is 2. The maximum Gasteiger partial charge on any atom is 0.328 e. The van der Waals surface area contributed by atoms with E-state index in [0.29, 0.717) is 31.9 Å². The number of carbonyl (C=O) groups is 1. The number of aromatic amines is 1. The summed E-state index contributed by atoms with van der Waals surface area (Å²) in [7, 11) is 0. The maximum atomic E-state index is 12.8. The van der Waals surface area contributed by atoms with E-state index in [1.165, 1.54) is 16.3 Å². The Kier molecular flexibility index (Phi) is 5.15. The largest absolute Gasteiger partial charge is 0.378 e. The van der Waals surface area contributed by atoms with Crippen molar-refractivity contribution in [2.75, 3.05) is 32.8 Å². The molecule has 1 aromatic heterocycles. The van der Waals surface area contributed by atoms with Crippen LogP contribution in [-0.2, 0) is 16.1 Å². The molecule has 0 unspecified atom stereocenters. The molecule has 2 saturated heterocycles. The first-order valence-electron chi connectivity index (χ1n) is 9.49. The molecule has 0 bridgehead atoms. The summed E-state index contributed by atoms with van der Waals surface area (Å²) in [5, 5.41) is 0. The van der Waals surface area contributed by atoms with E-state index in [2.05, 4.69) is 22.0 Å². The Morgan fingerprint density at radius 3 is 2.75 bits per heavy atom. The molecular weight excluding hydrogens is 360 g/mol. The number of fused-ring (bicyclic) bond motifs is 1. The summed E-state index contributed by atoms with van der Waals surface area (Å²) in [6.45, 7) is 4.71. The van der Waals surface area contributed by atoms with Gasteiger partial charge in [-0.05, 0) is 12.5 Å². The number of piperazine rings is 1. The van der Waals surface area contributed by atoms with Crippen molar-refractivity contribution in [3.63, 3.8) is 0 Å². The van der Waals surface area contributed by atoms with Crippen LogP contribution >= 0.6 is 0 Å². The van der Waals surface area contributed by atoms with E-state index in [9.17, 15) is 14.4 Å². The van der Waals surface area contributed by atoms with Crippen LogP contribution in [0, 0.1) is 6.92 Å². The van der Waals surface area contributed by atoms with Gasteiger partial charge in [0.2, 0.25) is 5.91 Å². The zero-order chi connectivity index (χ0) is 19.7. The average molecular weight is 384 g/mol. The zero-order valence-corrected chi connectivity index (χ0v) is 15.8. The van der Waals surface area contributed by atoms with Gasteiger partial charge >= 0.3 is 5.69 Å². The van der Waals surface area contributed by atoms with Crippen LogP contribution in [0.25, 0.3) is 0 Å². The van der Waals surface area contributed by atoms with Gasteiger partial charge in [-0.2, -0.15) is 0 Å². The smallest absolute Gasteiger partial charge is 0.328 e. The van der Waals surface area contributed by atoms with Gasteiger partial charge in [-0.3, -0.25) is 24.0 Å². The lowest BCUT2D eigenvalue weighted by molar-refractivity contribution is -0.140. The number of amides is 1. The number of carbonyl (C=O) groups excluding carboxylic acids is 1. The molecule has 0 aliphatic carbocycles. The van der Waals surface area contributed by atoms with Crippen molar-refractivity contribution in [2.24, 2.45) is 0 Å². The maximum absolute atomic E-state index is 12.8. The highest BCUT2D eigenvalue weighted by molar-refractivity contribution is 5.76. The van der Waals surface area contributed by atoms with E-state index >= 15 is 0 Å². The molecule has 0 radical (unpaired) electrons. The van der Waals surface area contributed by atoms with E-state index < -0.39 is 11.2 Å². The summed E-state index contributed by atoms with van der Waals surface area (Å²) in [6, 6.07) is 10.6. The minimum absolute atomic E-state index is 0.0772. The second-order valence-corrected chi connectivity index (χ2v) is 7.39. The molecule has 0 saturated carbocycles. The fourth-order valence-electron chi connectivity index (χ4n) is 4.01. The molecule has 1 aromatic carbocycles. The lowest BCUT2D eigenvalue weighted by atomic mass is 10.00. The quantitative estimate of drug-likeness (QED) is 0.813. The number of H-pyrrole nitrogens is 1. The highest BCUT2D eigenvalue weighted by Gasteiger charge is 2.37. The number of rotatable bonds is 3. The Balaban J connectivity index is 1.45.